The van der Waals surface area contributed by atoms with Crippen LogP contribution in [0.3, 0.4) is 0 Å². The molecule has 2 heterocycles. The fraction of sp³-hybridized carbons (Fsp3) is 0.353. The molecule has 26 heavy (non-hydrogen) atoms. The Bertz CT molecular complexity index is 823. The minimum atomic E-state index is -0.262. The number of benzene rings is 1. The molecule has 1 saturated heterocycles. The van der Waals surface area contributed by atoms with Gasteiger partial charge in [0.1, 0.15) is 6.54 Å². The van der Waals surface area contributed by atoms with Crippen molar-refractivity contribution in [3.05, 3.63) is 29.3 Å². The number of aromatic nitrogens is 1. The molecule has 3 rings (SSSR count). The van der Waals surface area contributed by atoms with Gasteiger partial charge in [-0.25, -0.2) is 9.78 Å². The molecular formula is C17H20N4O4S. The van der Waals surface area contributed by atoms with Crippen LogP contribution in [0.1, 0.15) is 4.88 Å². The lowest BCUT2D eigenvalue weighted by molar-refractivity contribution is -0.116. The van der Waals surface area contributed by atoms with Crippen LogP contribution in [0, 0.1) is 6.92 Å². The van der Waals surface area contributed by atoms with Crippen LogP contribution in [0.25, 0.3) is 0 Å². The normalized spacial score (nSPS) is 13.9. The van der Waals surface area contributed by atoms with Gasteiger partial charge >= 0.3 is 6.03 Å². The molecule has 1 fully saturated rings. The highest BCUT2D eigenvalue weighted by molar-refractivity contribution is 7.15. The topological polar surface area (TPSA) is 84.0 Å². The van der Waals surface area contributed by atoms with Crippen molar-refractivity contribution in [1.82, 2.24) is 9.88 Å². The number of nitrogens with zero attached hydrogens (tertiary/aromatic N) is 3. The van der Waals surface area contributed by atoms with Gasteiger partial charge in [0.2, 0.25) is 5.91 Å². The third-order valence-electron chi connectivity index (χ3n) is 3.98. The summed E-state index contributed by atoms with van der Waals surface area (Å²) in [6.45, 7) is 2.87. The minimum absolute atomic E-state index is 0.0126. The number of hydrogen-bond donors (Lipinski definition) is 1. The Hall–Kier alpha value is -2.81. The van der Waals surface area contributed by atoms with Gasteiger partial charge in [-0.1, -0.05) is 0 Å². The van der Waals surface area contributed by atoms with E-state index in [1.165, 1.54) is 16.2 Å². The number of hydrogen-bond acceptors (Lipinski definition) is 6. The van der Waals surface area contributed by atoms with E-state index < -0.39 is 0 Å². The Morgan fingerprint density at radius 2 is 2.04 bits per heavy atom. The van der Waals surface area contributed by atoms with Gasteiger partial charge in [0.25, 0.3) is 0 Å². The third-order valence-corrected chi connectivity index (χ3v) is 4.80. The Labute approximate surface area is 155 Å². The number of methoxy groups -OCH3 is 2. The summed E-state index contributed by atoms with van der Waals surface area (Å²) in [6.07, 6.45) is 1.69. The molecule has 0 spiro atoms. The predicted octanol–water partition coefficient (Wildman–Crippen LogP) is 2.35. The average Bonchev–Trinajstić information content (AvgIpc) is 3.20. The van der Waals surface area contributed by atoms with Crippen molar-refractivity contribution in [1.29, 1.82) is 0 Å². The molecule has 9 heteroatoms. The molecule has 0 aliphatic carbocycles. The van der Waals surface area contributed by atoms with E-state index in [1.807, 2.05) is 6.92 Å². The van der Waals surface area contributed by atoms with Gasteiger partial charge in [-0.15, -0.1) is 11.3 Å². The second kappa shape index (κ2) is 7.61. The molecule has 1 aromatic heterocycles. The van der Waals surface area contributed by atoms with Crippen molar-refractivity contribution in [3.63, 3.8) is 0 Å². The molecule has 0 unspecified atom stereocenters. The lowest BCUT2D eigenvalue weighted by Crippen LogP contribution is -2.37. The zero-order valence-electron chi connectivity index (χ0n) is 14.8. The van der Waals surface area contributed by atoms with Crippen LogP contribution in [0.5, 0.6) is 11.5 Å². The number of amides is 3. The van der Waals surface area contributed by atoms with Gasteiger partial charge in [0, 0.05) is 35.9 Å². The number of carbonyl (C=O) groups is 2. The quantitative estimate of drug-likeness (QED) is 0.837. The third kappa shape index (κ3) is 3.72. The molecule has 0 atom stereocenters. The van der Waals surface area contributed by atoms with Gasteiger partial charge in [0.15, 0.2) is 16.6 Å². The zero-order valence-corrected chi connectivity index (χ0v) is 15.6. The van der Waals surface area contributed by atoms with Crippen LogP contribution in [0.4, 0.5) is 15.6 Å². The summed E-state index contributed by atoms with van der Waals surface area (Å²) in [5, 5.41) is 3.26. The van der Waals surface area contributed by atoms with Crippen molar-refractivity contribution in [2.45, 2.75) is 6.92 Å². The lowest BCUT2D eigenvalue weighted by atomic mass is 10.2. The molecule has 8 nitrogen and oxygen atoms in total. The van der Waals surface area contributed by atoms with Gasteiger partial charge in [-0.2, -0.15) is 0 Å². The molecule has 0 saturated carbocycles. The van der Waals surface area contributed by atoms with E-state index in [0.29, 0.717) is 35.4 Å². The maximum absolute atomic E-state index is 12.6. The molecule has 0 bridgehead atoms. The Balaban J connectivity index is 1.65. The fourth-order valence-electron chi connectivity index (χ4n) is 2.71. The van der Waals surface area contributed by atoms with Crippen LogP contribution in [-0.4, -0.2) is 55.7 Å². The van der Waals surface area contributed by atoms with Crippen LogP contribution >= 0.6 is 11.3 Å². The molecule has 3 amide bonds. The van der Waals surface area contributed by atoms with E-state index in [4.69, 9.17) is 9.47 Å². The molecule has 0 radical (unpaired) electrons. The second-order valence-electron chi connectivity index (χ2n) is 5.72. The highest BCUT2D eigenvalue weighted by Crippen LogP contribution is 2.32. The second-order valence-corrected chi connectivity index (χ2v) is 6.95. The molecular weight excluding hydrogens is 356 g/mol. The lowest BCUT2D eigenvalue weighted by Gasteiger charge is -2.19. The Kier molecular flexibility index (Phi) is 5.27. The van der Waals surface area contributed by atoms with E-state index in [2.05, 4.69) is 10.3 Å². The monoisotopic (exact) mass is 376 g/mol. The molecule has 2 aromatic rings. The predicted molar refractivity (Wildman–Crippen MR) is 99.3 cm³/mol. The number of aryl methyl sites for hydroxylation is 1. The average molecular weight is 376 g/mol. The fourth-order valence-corrected chi connectivity index (χ4v) is 3.39. The molecule has 138 valence electrons. The van der Waals surface area contributed by atoms with Crippen LogP contribution in [-0.2, 0) is 4.79 Å². The van der Waals surface area contributed by atoms with Crippen molar-refractivity contribution in [2.24, 2.45) is 0 Å². The van der Waals surface area contributed by atoms with Crippen molar-refractivity contribution >= 4 is 34.1 Å². The molecule has 1 N–H and O–H groups in total. The summed E-state index contributed by atoms with van der Waals surface area (Å²) < 4.78 is 10.5. The first kappa shape index (κ1) is 18.0. The number of urea groups is 1. The van der Waals surface area contributed by atoms with Crippen LogP contribution < -0.4 is 19.7 Å². The SMILES string of the molecule is COc1ccc(N2CCN(CC(=O)Nc3ncc(C)s3)C2=O)cc1OC. The van der Waals surface area contributed by atoms with E-state index in [9.17, 15) is 9.59 Å². The van der Waals surface area contributed by atoms with Gasteiger partial charge < -0.3 is 19.7 Å². The highest BCUT2D eigenvalue weighted by atomic mass is 32.1. The summed E-state index contributed by atoms with van der Waals surface area (Å²) in [7, 11) is 3.10. The highest BCUT2D eigenvalue weighted by Gasteiger charge is 2.31. The van der Waals surface area contributed by atoms with Gasteiger partial charge in [-0.3, -0.25) is 9.69 Å². The largest absolute Gasteiger partial charge is 0.493 e. The smallest absolute Gasteiger partial charge is 0.325 e. The zero-order chi connectivity index (χ0) is 18.7. The van der Waals surface area contributed by atoms with Crippen molar-refractivity contribution in [3.8, 4) is 11.5 Å². The van der Waals surface area contributed by atoms with Gasteiger partial charge in [-0.05, 0) is 19.1 Å². The number of thiazole rings is 1. The van der Waals surface area contributed by atoms with Crippen molar-refractivity contribution in [2.75, 3.05) is 44.1 Å². The number of ether oxygens (including phenoxy) is 2. The number of carbonyl (C=O) groups excluding carboxylic acids is 2. The van der Waals surface area contributed by atoms with E-state index >= 15 is 0 Å². The first-order chi connectivity index (χ1) is 12.5. The van der Waals surface area contributed by atoms with E-state index in [1.54, 1.807) is 43.5 Å². The summed E-state index contributed by atoms with van der Waals surface area (Å²) in [5.41, 5.74) is 0.700. The summed E-state index contributed by atoms with van der Waals surface area (Å²) >= 11 is 1.40. The summed E-state index contributed by atoms with van der Waals surface area (Å²) in [6, 6.07) is 5.07. The first-order valence-electron chi connectivity index (χ1n) is 8.02. The standard InChI is InChI=1S/C17H20N4O4S/c1-11-9-18-16(26-11)19-15(22)10-20-6-7-21(17(20)23)12-4-5-13(24-2)14(8-12)25-3/h4-5,8-9H,6-7,10H2,1-3H3,(H,18,19,22). The van der Waals surface area contributed by atoms with Crippen LogP contribution in [0.15, 0.2) is 24.4 Å². The van der Waals surface area contributed by atoms with E-state index in [-0.39, 0.29) is 18.5 Å². The molecule has 1 aliphatic heterocycles. The summed E-state index contributed by atoms with van der Waals surface area (Å²) in [4.78, 5) is 33.0. The summed E-state index contributed by atoms with van der Waals surface area (Å²) in [5.74, 6) is 0.882. The first-order valence-corrected chi connectivity index (χ1v) is 8.84. The van der Waals surface area contributed by atoms with E-state index in [0.717, 1.165) is 4.88 Å². The number of nitrogens with one attached hydrogen (secondary N) is 1. The number of rotatable bonds is 6. The maximum Gasteiger partial charge on any atom is 0.325 e. The maximum atomic E-state index is 12.6. The minimum Gasteiger partial charge on any atom is -0.493 e. The van der Waals surface area contributed by atoms with Crippen molar-refractivity contribution < 1.29 is 19.1 Å². The number of anilines is 2. The Morgan fingerprint density at radius 1 is 1.27 bits per heavy atom. The molecule has 1 aromatic carbocycles. The molecule has 1 aliphatic rings. The Morgan fingerprint density at radius 3 is 2.69 bits per heavy atom. The van der Waals surface area contributed by atoms with Crippen LogP contribution in [0.2, 0.25) is 0 Å². The van der Waals surface area contributed by atoms with Gasteiger partial charge in [0.05, 0.1) is 14.2 Å².